The van der Waals surface area contributed by atoms with E-state index in [1.807, 2.05) is 0 Å². The molecule has 0 aliphatic carbocycles. The number of thiazole rings is 1. The fourth-order valence-corrected chi connectivity index (χ4v) is 2.62. The van der Waals surface area contributed by atoms with Gasteiger partial charge in [0.05, 0.1) is 17.7 Å². The van der Waals surface area contributed by atoms with Gasteiger partial charge in [-0.15, -0.1) is 11.3 Å². The maximum Gasteiger partial charge on any atom is 0.215 e. The van der Waals surface area contributed by atoms with E-state index < -0.39 is 0 Å². The van der Waals surface area contributed by atoms with Crippen molar-refractivity contribution in [3.05, 3.63) is 44.9 Å². The zero-order chi connectivity index (χ0) is 13.8. The highest BCUT2D eigenvalue weighted by Crippen LogP contribution is 2.25. The van der Waals surface area contributed by atoms with Crippen LogP contribution in [0.3, 0.4) is 0 Å². The number of carbonyl (C=O) groups is 1. The van der Waals surface area contributed by atoms with Gasteiger partial charge in [0.25, 0.3) is 0 Å². The van der Waals surface area contributed by atoms with E-state index in [2.05, 4.69) is 4.98 Å². The molecule has 0 aliphatic rings. The van der Waals surface area contributed by atoms with Crippen LogP contribution in [0.4, 0.5) is 0 Å². The fourth-order valence-electron chi connectivity index (χ4n) is 1.65. The number of rotatable bonds is 5. The molecular formula is C13H13ClN2O2S. The zero-order valence-corrected chi connectivity index (χ0v) is 11.9. The van der Waals surface area contributed by atoms with Crippen molar-refractivity contribution in [3.8, 4) is 5.75 Å². The standard InChI is InChI=1S/C13H13ClN2O2S/c1-18-11-3-2-8(14)6-9(11)13(17)10-7-19-12(16-10)4-5-15/h2-3,6-7H,4-5,15H2,1H3. The first-order chi connectivity index (χ1) is 9.15. The molecule has 0 amide bonds. The summed E-state index contributed by atoms with van der Waals surface area (Å²) in [7, 11) is 1.51. The number of benzene rings is 1. The molecule has 1 aromatic heterocycles. The van der Waals surface area contributed by atoms with E-state index in [9.17, 15) is 4.79 Å². The lowest BCUT2D eigenvalue weighted by molar-refractivity contribution is 0.103. The first-order valence-corrected chi connectivity index (χ1v) is 6.94. The molecule has 4 nitrogen and oxygen atoms in total. The Kier molecular flexibility index (Phi) is 4.52. The molecule has 2 N–H and O–H groups in total. The molecule has 2 rings (SSSR count). The lowest BCUT2D eigenvalue weighted by Crippen LogP contribution is -2.06. The highest BCUT2D eigenvalue weighted by Gasteiger charge is 2.17. The third-order valence-corrected chi connectivity index (χ3v) is 3.69. The molecular weight excluding hydrogens is 284 g/mol. The van der Waals surface area contributed by atoms with Crippen LogP contribution in [0.1, 0.15) is 21.1 Å². The predicted molar refractivity (Wildman–Crippen MR) is 76.3 cm³/mol. The third-order valence-electron chi connectivity index (χ3n) is 2.55. The minimum absolute atomic E-state index is 0.195. The largest absolute Gasteiger partial charge is 0.496 e. The maximum atomic E-state index is 12.4. The molecule has 0 bridgehead atoms. The Morgan fingerprint density at radius 3 is 3.00 bits per heavy atom. The van der Waals surface area contributed by atoms with Gasteiger partial charge in [-0.05, 0) is 24.7 Å². The van der Waals surface area contributed by atoms with Crippen LogP contribution < -0.4 is 10.5 Å². The van der Waals surface area contributed by atoms with Crippen molar-refractivity contribution >= 4 is 28.7 Å². The highest BCUT2D eigenvalue weighted by molar-refractivity contribution is 7.09. The van der Waals surface area contributed by atoms with Gasteiger partial charge in [-0.1, -0.05) is 11.6 Å². The topological polar surface area (TPSA) is 65.2 Å². The van der Waals surface area contributed by atoms with Crippen LogP contribution in [0.5, 0.6) is 5.75 Å². The van der Waals surface area contributed by atoms with Crippen LogP contribution >= 0.6 is 22.9 Å². The SMILES string of the molecule is COc1ccc(Cl)cc1C(=O)c1csc(CCN)n1. The number of nitrogens with zero attached hydrogens (tertiary/aromatic N) is 1. The number of aromatic nitrogens is 1. The van der Waals surface area contributed by atoms with Crippen molar-refractivity contribution in [2.24, 2.45) is 5.73 Å². The van der Waals surface area contributed by atoms with Crippen LogP contribution in [0.15, 0.2) is 23.6 Å². The Labute approximate surface area is 120 Å². The molecule has 2 aromatic rings. The van der Waals surface area contributed by atoms with Gasteiger partial charge in [0.15, 0.2) is 0 Å². The molecule has 0 saturated heterocycles. The smallest absolute Gasteiger partial charge is 0.215 e. The van der Waals surface area contributed by atoms with Gasteiger partial charge < -0.3 is 10.5 Å². The van der Waals surface area contributed by atoms with Crippen molar-refractivity contribution in [1.29, 1.82) is 0 Å². The van der Waals surface area contributed by atoms with Gasteiger partial charge in [0.1, 0.15) is 11.4 Å². The van der Waals surface area contributed by atoms with Crippen molar-refractivity contribution in [1.82, 2.24) is 4.98 Å². The number of carbonyl (C=O) groups excluding carboxylic acids is 1. The summed E-state index contributed by atoms with van der Waals surface area (Å²) >= 11 is 7.35. The van der Waals surface area contributed by atoms with Crippen LogP contribution in [0, 0.1) is 0 Å². The van der Waals surface area contributed by atoms with E-state index in [0.29, 0.717) is 35.0 Å². The van der Waals surface area contributed by atoms with E-state index in [-0.39, 0.29) is 5.78 Å². The molecule has 0 unspecified atom stereocenters. The average molecular weight is 297 g/mol. The number of ketones is 1. The molecule has 19 heavy (non-hydrogen) atoms. The molecule has 1 aromatic carbocycles. The minimum Gasteiger partial charge on any atom is -0.496 e. The van der Waals surface area contributed by atoms with E-state index in [0.717, 1.165) is 5.01 Å². The van der Waals surface area contributed by atoms with Gasteiger partial charge in [-0.2, -0.15) is 0 Å². The Morgan fingerprint density at radius 1 is 1.53 bits per heavy atom. The van der Waals surface area contributed by atoms with E-state index in [1.165, 1.54) is 18.4 Å². The summed E-state index contributed by atoms with van der Waals surface area (Å²) < 4.78 is 5.17. The molecule has 0 aliphatic heterocycles. The molecule has 0 fully saturated rings. The van der Waals surface area contributed by atoms with Crippen molar-refractivity contribution in [2.45, 2.75) is 6.42 Å². The first-order valence-electron chi connectivity index (χ1n) is 5.68. The summed E-state index contributed by atoms with van der Waals surface area (Å²) in [4.78, 5) is 16.6. The van der Waals surface area contributed by atoms with Crippen LogP contribution in [-0.4, -0.2) is 24.4 Å². The quantitative estimate of drug-likeness (QED) is 0.861. The average Bonchev–Trinajstić information content (AvgIpc) is 2.87. The van der Waals surface area contributed by atoms with Crippen LogP contribution in [-0.2, 0) is 6.42 Å². The van der Waals surface area contributed by atoms with Crippen LogP contribution in [0.25, 0.3) is 0 Å². The van der Waals surface area contributed by atoms with E-state index >= 15 is 0 Å². The van der Waals surface area contributed by atoms with Gasteiger partial charge >= 0.3 is 0 Å². The van der Waals surface area contributed by atoms with E-state index in [4.69, 9.17) is 22.1 Å². The zero-order valence-electron chi connectivity index (χ0n) is 10.4. The monoisotopic (exact) mass is 296 g/mol. The van der Waals surface area contributed by atoms with Crippen molar-refractivity contribution in [3.63, 3.8) is 0 Å². The number of hydrogen-bond acceptors (Lipinski definition) is 5. The Hall–Kier alpha value is -1.43. The third kappa shape index (κ3) is 3.12. The van der Waals surface area contributed by atoms with Crippen molar-refractivity contribution in [2.75, 3.05) is 13.7 Å². The molecule has 0 atom stereocenters. The number of methoxy groups -OCH3 is 1. The lowest BCUT2D eigenvalue weighted by atomic mass is 10.1. The molecule has 6 heteroatoms. The summed E-state index contributed by atoms with van der Waals surface area (Å²) in [6, 6.07) is 4.94. The fraction of sp³-hybridized carbons (Fsp3) is 0.231. The molecule has 1 heterocycles. The summed E-state index contributed by atoms with van der Waals surface area (Å²) in [6.45, 7) is 0.516. The summed E-state index contributed by atoms with van der Waals surface area (Å²) in [5.41, 5.74) is 6.28. The number of ether oxygens (including phenoxy) is 1. The highest BCUT2D eigenvalue weighted by atomic mass is 35.5. The molecule has 0 spiro atoms. The number of nitrogens with two attached hydrogens (primary N) is 1. The summed E-state index contributed by atoms with van der Waals surface area (Å²) in [6.07, 6.45) is 0.671. The van der Waals surface area contributed by atoms with Gasteiger partial charge in [0, 0.05) is 16.8 Å². The summed E-state index contributed by atoms with van der Waals surface area (Å²) in [5, 5.41) is 3.07. The van der Waals surface area contributed by atoms with Crippen molar-refractivity contribution < 1.29 is 9.53 Å². The maximum absolute atomic E-state index is 12.4. The number of hydrogen-bond donors (Lipinski definition) is 1. The molecule has 0 saturated carbocycles. The van der Waals surface area contributed by atoms with E-state index in [1.54, 1.807) is 23.6 Å². The van der Waals surface area contributed by atoms with Gasteiger partial charge in [-0.3, -0.25) is 4.79 Å². The lowest BCUT2D eigenvalue weighted by Gasteiger charge is -2.06. The second-order valence-corrected chi connectivity index (χ2v) is 5.22. The number of halogens is 1. The van der Waals surface area contributed by atoms with Gasteiger partial charge in [-0.25, -0.2) is 4.98 Å². The molecule has 0 radical (unpaired) electrons. The Morgan fingerprint density at radius 2 is 2.32 bits per heavy atom. The molecule has 100 valence electrons. The minimum atomic E-state index is -0.195. The summed E-state index contributed by atoms with van der Waals surface area (Å²) in [5.74, 6) is 0.293. The second-order valence-electron chi connectivity index (χ2n) is 3.84. The van der Waals surface area contributed by atoms with Crippen LogP contribution in [0.2, 0.25) is 5.02 Å². The Balaban J connectivity index is 2.34. The first kappa shape index (κ1) is 14.0. The predicted octanol–water partition coefficient (Wildman–Crippen LogP) is 2.54. The Bertz CT molecular complexity index is 598. The second kappa shape index (κ2) is 6.14. The van der Waals surface area contributed by atoms with Gasteiger partial charge in [0.2, 0.25) is 5.78 Å². The normalized spacial score (nSPS) is 10.5.